The van der Waals surface area contributed by atoms with Crippen molar-refractivity contribution in [1.82, 2.24) is 19.4 Å². The molecule has 1 saturated heterocycles. The molecule has 2 atom stereocenters. The van der Waals surface area contributed by atoms with Crippen LogP contribution in [0.2, 0.25) is 5.02 Å². The lowest BCUT2D eigenvalue weighted by atomic mass is 9.96. The first-order valence-electron chi connectivity index (χ1n) is 13.7. The van der Waals surface area contributed by atoms with Crippen LogP contribution in [0.25, 0.3) is 28.0 Å². The van der Waals surface area contributed by atoms with Gasteiger partial charge in [0.05, 0.1) is 21.8 Å². The van der Waals surface area contributed by atoms with E-state index >= 15 is 0 Å². The third-order valence-corrected chi connectivity index (χ3v) is 7.87. The number of piperazine rings is 1. The van der Waals surface area contributed by atoms with Gasteiger partial charge in [-0.1, -0.05) is 62.4 Å². The number of nitrogens with zero attached hydrogens (tertiary/aromatic N) is 5. The van der Waals surface area contributed by atoms with E-state index < -0.39 is 17.7 Å². The van der Waals surface area contributed by atoms with Gasteiger partial charge < -0.3 is 20.6 Å². The van der Waals surface area contributed by atoms with E-state index in [1.165, 1.54) is 16.7 Å². The van der Waals surface area contributed by atoms with Crippen molar-refractivity contribution < 1.29 is 14.3 Å². The van der Waals surface area contributed by atoms with Gasteiger partial charge in [0.15, 0.2) is 5.65 Å². The molecule has 1 unspecified atom stereocenters. The van der Waals surface area contributed by atoms with E-state index in [0.717, 1.165) is 5.56 Å². The molecule has 0 spiro atoms. The number of anilines is 1. The molecule has 2 aromatic carbocycles. The molecule has 0 saturated carbocycles. The van der Waals surface area contributed by atoms with Crippen molar-refractivity contribution in [2.24, 2.45) is 5.73 Å². The van der Waals surface area contributed by atoms with Crippen LogP contribution in [0.5, 0.6) is 0 Å². The van der Waals surface area contributed by atoms with Gasteiger partial charge in [-0.25, -0.2) is 18.7 Å². The van der Waals surface area contributed by atoms with E-state index in [-0.39, 0.29) is 39.8 Å². The van der Waals surface area contributed by atoms with Gasteiger partial charge in [-0.2, -0.15) is 4.98 Å². The van der Waals surface area contributed by atoms with Gasteiger partial charge in [0.25, 0.3) is 0 Å². The molecule has 3 heterocycles. The lowest BCUT2D eigenvalue weighted by Gasteiger charge is -2.40. The Morgan fingerprint density at radius 2 is 1.88 bits per heavy atom. The van der Waals surface area contributed by atoms with Gasteiger partial charge in [0.1, 0.15) is 17.9 Å². The second kappa shape index (κ2) is 11.6. The topological polar surface area (TPSA) is 118 Å². The number of hydrogen-bond donors (Lipinski definition) is 2. The number of hydrogen-bond acceptors (Lipinski definition) is 7. The Bertz CT molecular complexity index is 1730. The molecular formula is C31H32ClFN6O3. The number of fused-ring (bicyclic) bond motifs is 1. The Morgan fingerprint density at radius 3 is 2.52 bits per heavy atom. The van der Waals surface area contributed by atoms with E-state index in [9.17, 15) is 19.1 Å². The van der Waals surface area contributed by atoms with Crippen molar-refractivity contribution in [3.63, 3.8) is 0 Å². The minimum atomic E-state index is -1.39. The summed E-state index contributed by atoms with van der Waals surface area (Å²) in [6.45, 7) is 10.6. The van der Waals surface area contributed by atoms with Crippen molar-refractivity contribution in [1.29, 1.82) is 0 Å². The highest BCUT2D eigenvalue weighted by Crippen LogP contribution is 2.37. The van der Waals surface area contributed by atoms with Crippen LogP contribution in [0.3, 0.4) is 0 Å². The molecule has 1 aliphatic rings. The van der Waals surface area contributed by atoms with Gasteiger partial charge >= 0.3 is 5.69 Å². The van der Waals surface area contributed by atoms with E-state index in [1.807, 2.05) is 31.7 Å². The van der Waals surface area contributed by atoms with E-state index in [0.29, 0.717) is 42.1 Å². The normalized spacial score (nSPS) is 16.2. The smallest absolute Gasteiger partial charge is 0.355 e. The van der Waals surface area contributed by atoms with Crippen LogP contribution in [0.4, 0.5) is 10.2 Å². The second-order valence-electron chi connectivity index (χ2n) is 10.6. The Balaban J connectivity index is 1.84. The maximum atomic E-state index is 15.0. The van der Waals surface area contributed by atoms with Gasteiger partial charge in [-0.05, 0) is 42.7 Å². The number of pyridine rings is 1. The molecule has 1 aliphatic heterocycles. The predicted octanol–water partition coefficient (Wildman–Crippen LogP) is 4.54. The van der Waals surface area contributed by atoms with Crippen molar-refractivity contribution >= 4 is 34.4 Å². The van der Waals surface area contributed by atoms with E-state index in [1.54, 1.807) is 41.3 Å². The fourth-order valence-corrected chi connectivity index (χ4v) is 5.77. The highest BCUT2D eigenvalue weighted by molar-refractivity contribution is 6.33. The number of carbonyl (C=O) groups excluding carboxylic acids is 1. The number of aliphatic hydroxyl groups excluding tert-OH is 1. The average molecular weight is 591 g/mol. The fourth-order valence-electron chi connectivity index (χ4n) is 5.51. The monoisotopic (exact) mass is 590 g/mol. The summed E-state index contributed by atoms with van der Waals surface area (Å²) in [7, 11) is 0. The van der Waals surface area contributed by atoms with E-state index in [4.69, 9.17) is 22.3 Å². The first-order chi connectivity index (χ1) is 20.0. The van der Waals surface area contributed by atoms with Gasteiger partial charge in [-0.3, -0.25) is 4.79 Å². The molecule has 42 heavy (non-hydrogen) atoms. The Morgan fingerprint density at radius 1 is 1.17 bits per heavy atom. The summed E-state index contributed by atoms with van der Waals surface area (Å²) in [5.74, 6) is -0.413. The molecule has 11 heteroatoms. The number of halogens is 2. The highest BCUT2D eigenvalue weighted by atomic mass is 35.5. The molecular weight excluding hydrogens is 559 g/mol. The summed E-state index contributed by atoms with van der Waals surface area (Å²) in [5, 5.41) is 11.2. The zero-order chi connectivity index (χ0) is 30.3. The Labute approximate surface area is 247 Å². The molecule has 3 N–H and O–H groups in total. The van der Waals surface area contributed by atoms with Crippen LogP contribution in [-0.4, -0.2) is 56.1 Å². The zero-order valence-corrected chi connectivity index (χ0v) is 24.3. The molecule has 2 aromatic heterocycles. The summed E-state index contributed by atoms with van der Waals surface area (Å²) in [6, 6.07) is 12.8. The summed E-state index contributed by atoms with van der Waals surface area (Å²) in [5.41, 5.74) is 7.24. The number of rotatable bonds is 6. The molecule has 0 aliphatic carbocycles. The highest BCUT2D eigenvalue weighted by Gasteiger charge is 2.31. The van der Waals surface area contributed by atoms with Crippen molar-refractivity contribution in [2.45, 2.75) is 39.0 Å². The largest absolute Gasteiger partial charge is 0.374 e. The zero-order valence-electron chi connectivity index (χ0n) is 23.6. The summed E-state index contributed by atoms with van der Waals surface area (Å²) in [6.07, 6.45) is -0.116. The summed E-state index contributed by atoms with van der Waals surface area (Å²) >= 11 is 6.76. The van der Waals surface area contributed by atoms with Gasteiger partial charge in [-0.15, -0.1) is 0 Å². The van der Waals surface area contributed by atoms with Gasteiger partial charge in [0, 0.05) is 36.8 Å². The standard InChI is InChI=1S/C31H32ClFN6O3/c1-5-25(40)37-13-14-38(18(4)16-37)29-22-15-23(32)26(20-9-6-7-12-24(20)33)35-30(22)39(31(42)36-29)27-19(17(2)3)10-8-11-21(27)28(34)41/h5-12,15,17-18,28,41H,1,13-14,16,34H2,2-4H3/t18-,28?/m0/s1. The SMILES string of the molecule is C=CC(=O)N1CCN(c2nc(=O)n(-c3c(C(C)C)cccc3C(N)O)c3nc(-c4ccccc4F)c(Cl)cc23)[C@@H](C)C1. The molecule has 0 radical (unpaired) electrons. The molecule has 0 bridgehead atoms. The third kappa shape index (κ3) is 5.17. The van der Waals surface area contributed by atoms with Gasteiger partial charge in [0.2, 0.25) is 5.91 Å². The van der Waals surface area contributed by atoms with Crippen LogP contribution in [0.15, 0.2) is 66.0 Å². The predicted molar refractivity (Wildman–Crippen MR) is 162 cm³/mol. The van der Waals surface area contributed by atoms with Crippen LogP contribution in [0, 0.1) is 5.82 Å². The summed E-state index contributed by atoms with van der Waals surface area (Å²) in [4.78, 5) is 39.3. The number of para-hydroxylation sites is 1. The quantitative estimate of drug-likeness (QED) is 0.250. The summed E-state index contributed by atoms with van der Waals surface area (Å²) < 4.78 is 16.3. The first kappa shape index (κ1) is 29.4. The number of carbonyl (C=O) groups is 1. The second-order valence-corrected chi connectivity index (χ2v) is 11.0. The van der Waals surface area contributed by atoms with Crippen LogP contribution >= 0.6 is 11.6 Å². The number of aliphatic hydroxyl groups is 1. The molecule has 4 aromatic rings. The fraction of sp³-hybridized carbons (Fsp3) is 0.290. The number of nitrogens with two attached hydrogens (primary N) is 1. The maximum absolute atomic E-state index is 15.0. The van der Waals surface area contributed by atoms with Crippen molar-refractivity contribution in [2.75, 3.05) is 24.5 Å². The van der Waals surface area contributed by atoms with Crippen LogP contribution in [-0.2, 0) is 4.79 Å². The maximum Gasteiger partial charge on any atom is 0.355 e. The Kier molecular flexibility index (Phi) is 8.14. The number of amides is 1. The third-order valence-electron chi connectivity index (χ3n) is 7.58. The van der Waals surface area contributed by atoms with E-state index in [2.05, 4.69) is 11.6 Å². The van der Waals surface area contributed by atoms with Crippen molar-refractivity contribution in [3.8, 4) is 16.9 Å². The van der Waals surface area contributed by atoms with Crippen LogP contribution in [0.1, 0.15) is 44.0 Å². The number of aromatic nitrogens is 3. The first-order valence-corrected chi connectivity index (χ1v) is 14.0. The lowest BCUT2D eigenvalue weighted by Crippen LogP contribution is -2.54. The molecule has 9 nitrogen and oxygen atoms in total. The minimum Gasteiger partial charge on any atom is -0.374 e. The lowest BCUT2D eigenvalue weighted by molar-refractivity contribution is -0.126. The Hall–Kier alpha value is -4.12. The molecule has 5 rings (SSSR count). The molecule has 218 valence electrons. The molecule has 1 fully saturated rings. The average Bonchev–Trinajstić information content (AvgIpc) is 2.96. The number of benzene rings is 2. The molecule has 1 amide bonds. The van der Waals surface area contributed by atoms with Crippen LogP contribution < -0.4 is 16.3 Å². The van der Waals surface area contributed by atoms with Crippen molar-refractivity contribution in [3.05, 3.63) is 93.6 Å². The minimum absolute atomic E-state index is 0.0610.